The number of hydrogen-bond donors (Lipinski definition) is 3. The topological polar surface area (TPSA) is 228 Å². The van der Waals surface area contributed by atoms with Crippen molar-refractivity contribution in [1.29, 1.82) is 0 Å². The number of carbonyl (C=O) groups is 7. The fraction of sp³-hybridized carbons (Fsp3) is 0.472. The normalized spacial score (nSPS) is 21.5. The first kappa shape index (κ1) is 40.2. The van der Waals surface area contributed by atoms with Gasteiger partial charge in [-0.15, -0.1) is 0 Å². The van der Waals surface area contributed by atoms with Gasteiger partial charge in [0.1, 0.15) is 12.6 Å². The number of aliphatic carboxylic acids is 1. The number of hydrogen-bond acceptors (Lipinski definition) is 14. The zero-order valence-corrected chi connectivity index (χ0v) is 29.9. The van der Waals surface area contributed by atoms with Gasteiger partial charge in [-0.1, -0.05) is 62.4 Å². The summed E-state index contributed by atoms with van der Waals surface area (Å²) >= 11 is 0. The molecule has 2 aliphatic rings. The molecule has 1 fully saturated rings. The van der Waals surface area contributed by atoms with Gasteiger partial charge in [0.25, 0.3) is 0 Å². The number of alkyl carbamates (subject to hydrolysis) is 1. The van der Waals surface area contributed by atoms with Crippen LogP contribution in [0.2, 0.25) is 0 Å². The summed E-state index contributed by atoms with van der Waals surface area (Å²) < 4.78 is 37.3. The molecule has 0 spiro atoms. The summed E-state index contributed by atoms with van der Waals surface area (Å²) in [6, 6.07) is 12.5. The van der Waals surface area contributed by atoms with E-state index in [2.05, 4.69) is 10.6 Å². The number of benzene rings is 2. The molecule has 3 N–H and O–H groups in total. The summed E-state index contributed by atoms with van der Waals surface area (Å²) in [7, 11) is 1.00. The lowest BCUT2D eigenvalue weighted by atomic mass is 9.97. The minimum atomic E-state index is -1.81. The van der Waals surface area contributed by atoms with Gasteiger partial charge in [-0.25, -0.2) is 14.4 Å². The molecule has 0 bridgehead atoms. The fourth-order valence-corrected chi connectivity index (χ4v) is 6.14. The van der Waals surface area contributed by atoms with Crippen LogP contribution < -0.4 is 10.6 Å². The van der Waals surface area contributed by atoms with Crippen molar-refractivity contribution in [2.75, 3.05) is 20.3 Å². The van der Waals surface area contributed by atoms with Crippen LogP contribution >= 0.6 is 0 Å². The van der Waals surface area contributed by atoms with Crippen molar-refractivity contribution in [3.8, 4) is 11.1 Å². The first-order chi connectivity index (χ1) is 25.1. The lowest BCUT2D eigenvalue weighted by Crippen LogP contribution is -2.64. The Bertz CT molecular complexity index is 1670. The molecule has 17 nitrogen and oxygen atoms in total. The van der Waals surface area contributed by atoms with Crippen molar-refractivity contribution in [1.82, 2.24) is 10.6 Å². The average Bonchev–Trinajstić information content (AvgIpc) is 3.42. The molecule has 1 aliphatic heterocycles. The van der Waals surface area contributed by atoms with Gasteiger partial charge in [-0.2, -0.15) is 0 Å². The van der Waals surface area contributed by atoms with Crippen LogP contribution in [0.5, 0.6) is 0 Å². The van der Waals surface area contributed by atoms with Crippen LogP contribution in [0.4, 0.5) is 4.79 Å². The van der Waals surface area contributed by atoms with Crippen LogP contribution in [0.15, 0.2) is 48.5 Å². The van der Waals surface area contributed by atoms with Gasteiger partial charge in [0, 0.05) is 26.7 Å². The summed E-state index contributed by atoms with van der Waals surface area (Å²) in [6.45, 7) is 5.40. The largest absolute Gasteiger partial charge is 0.480 e. The Morgan fingerprint density at radius 2 is 1.30 bits per heavy atom. The molecule has 4 rings (SSSR count). The van der Waals surface area contributed by atoms with Crippen molar-refractivity contribution >= 4 is 41.8 Å². The molecule has 0 saturated carbocycles. The molecular weight excluding hydrogens is 700 g/mol. The van der Waals surface area contributed by atoms with Gasteiger partial charge in [-0.3, -0.25) is 19.2 Å². The fourth-order valence-electron chi connectivity index (χ4n) is 6.14. The van der Waals surface area contributed by atoms with E-state index in [0.717, 1.165) is 50.1 Å². The van der Waals surface area contributed by atoms with Crippen molar-refractivity contribution in [2.45, 2.75) is 83.3 Å². The molecule has 1 heterocycles. The Morgan fingerprint density at radius 1 is 0.774 bits per heavy atom. The molecule has 7 atom stereocenters. The van der Waals surface area contributed by atoms with E-state index in [-0.39, 0.29) is 12.5 Å². The number of methoxy groups -OCH3 is 1. The number of carboxylic acid groups (broad SMARTS) is 1. The molecule has 53 heavy (non-hydrogen) atoms. The monoisotopic (exact) mass is 742 g/mol. The molecule has 17 heteroatoms. The first-order valence-electron chi connectivity index (χ1n) is 16.6. The number of ether oxygens (including phenoxy) is 7. The maximum atomic E-state index is 13.4. The smallest absolute Gasteiger partial charge is 0.407 e. The van der Waals surface area contributed by atoms with Crippen LogP contribution in [0.1, 0.15) is 51.7 Å². The average molecular weight is 743 g/mol. The first-order valence-corrected chi connectivity index (χ1v) is 16.6. The molecule has 0 aromatic heterocycles. The predicted molar refractivity (Wildman–Crippen MR) is 180 cm³/mol. The lowest BCUT2D eigenvalue weighted by Gasteiger charge is -2.43. The van der Waals surface area contributed by atoms with Gasteiger partial charge >= 0.3 is 35.9 Å². The Labute approximate surface area is 304 Å². The standard InChI is InChI=1S/C36H42N2O15/c1-17(2)27(38-36(46)49-15-25-23-13-9-7-11-21(23)22-12-8-10-14-24(22)25)32(42)37-26(33(43)44)16-48-35-31(52-20(5)41)29(51-19(4)40)28(50-18(3)39)30(53-35)34(45)47-6/h7-14,17,25-31,35H,15-16H2,1-6H3,(H,37,42)(H,38,46)(H,43,44)/t26-,27-,28-,29-,30-,31+,35+/m0/s1. The van der Waals surface area contributed by atoms with E-state index in [1.165, 1.54) is 0 Å². The highest BCUT2D eigenvalue weighted by molar-refractivity contribution is 5.89. The van der Waals surface area contributed by atoms with E-state index in [9.17, 15) is 38.7 Å². The third kappa shape index (κ3) is 9.87. The highest BCUT2D eigenvalue weighted by Crippen LogP contribution is 2.44. The number of fused-ring (bicyclic) bond motifs is 3. The number of amides is 2. The van der Waals surface area contributed by atoms with E-state index in [0.29, 0.717) is 0 Å². The van der Waals surface area contributed by atoms with Crippen LogP contribution in [0, 0.1) is 5.92 Å². The number of esters is 4. The lowest BCUT2D eigenvalue weighted by molar-refractivity contribution is -0.302. The highest BCUT2D eigenvalue weighted by atomic mass is 16.7. The third-order valence-corrected chi connectivity index (χ3v) is 8.44. The number of carboxylic acids is 1. The molecule has 2 aromatic rings. The summed E-state index contributed by atoms with van der Waals surface area (Å²) in [4.78, 5) is 87.4. The number of nitrogens with one attached hydrogen (secondary N) is 2. The van der Waals surface area contributed by atoms with E-state index in [4.69, 9.17) is 33.2 Å². The van der Waals surface area contributed by atoms with Crippen LogP contribution in [0.3, 0.4) is 0 Å². The Kier molecular flexibility index (Phi) is 13.5. The second-order valence-corrected chi connectivity index (χ2v) is 12.6. The maximum Gasteiger partial charge on any atom is 0.407 e. The zero-order valence-electron chi connectivity index (χ0n) is 29.9. The van der Waals surface area contributed by atoms with E-state index in [1.54, 1.807) is 13.8 Å². The van der Waals surface area contributed by atoms with Crippen molar-refractivity contribution in [3.05, 3.63) is 59.7 Å². The van der Waals surface area contributed by atoms with Crippen LogP contribution in [0.25, 0.3) is 11.1 Å². The maximum absolute atomic E-state index is 13.4. The summed E-state index contributed by atoms with van der Waals surface area (Å²) in [5.74, 6) is -7.10. The minimum Gasteiger partial charge on any atom is -0.480 e. The number of carbonyl (C=O) groups excluding carboxylic acids is 6. The molecule has 1 saturated heterocycles. The molecular formula is C36H42N2O15. The van der Waals surface area contributed by atoms with Crippen LogP contribution in [-0.2, 0) is 61.9 Å². The Balaban J connectivity index is 1.46. The summed E-state index contributed by atoms with van der Waals surface area (Å²) in [5, 5.41) is 14.8. The van der Waals surface area contributed by atoms with Gasteiger partial charge in [0.05, 0.1) is 13.7 Å². The predicted octanol–water partition coefficient (Wildman–Crippen LogP) is 1.83. The number of rotatable bonds is 14. The highest BCUT2D eigenvalue weighted by Gasteiger charge is 2.55. The SMILES string of the molecule is COC(=O)[C@H]1O[C@@H](OC[C@H](NC(=O)[C@@H](NC(=O)OCC2c3ccccc3-c3ccccc32)C(C)C)C(=O)O)[C@H](OC(C)=O)[C@@H](OC(C)=O)[C@@H]1OC(C)=O. The summed E-state index contributed by atoms with van der Waals surface area (Å²) in [5.41, 5.74) is 4.04. The van der Waals surface area contributed by atoms with E-state index >= 15 is 0 Å². The van der Waals surface area contributed by atoms with Crippen molar-refractivity contribution < 1.29 is 71.8 Å². The second-order valence-electron chi connectivity index (χ2n) is 12.6. The van der Waals surface area contributed by atoms with E-state index < -0.39 is 97.2 Å². The molecule has 286 valence electrons. The van der Waals surface area contributed by atoms with Gasteiger partial charge in [0.15, 0.2) is 36.7 Å². The molecule has 2 amide bonds. The van der Waals surface area contributed by atoms with Crippen LogP contribution in [-0.4, -0.2) is 110 Å². The Hall–Kier alpha value is -5.55. The van der Waals surface area contributed by atoms with Crippen molar-refractivity contribution in [2.24, 2.45) is 5.92 Å². The second kappa shape index (κ2) is 17.8. The van der Waals surface area contributed by atoms with Crippen molar-refractivity contribution in [3.63, 3.8) is 0 Å². The molecule has 1 aliphatic carbocycles. The molecule has 0 unspecified atom stereocenters. The Morgan fingerprint density at radius 3 is 1.81 bits per heavy atom. The quantitative estimate of drug-likeness (QED) is 0.185. The van der Waals surface area contributed by atoms with Gasteiger partial charge < -0.3 is 48.9 Å². The minimum absolute atomic E-state index is 0.0258. The van der Waals surface area contributed by atoms with Gasteiger partial charge in [-0.05, 0) is 28.2 Å². The third-order valence-electron chi connectivity index (χ3n) is 8.44. The molecule has 0 radical (unpaired) electrons. The molecule has 2 aromatic carbocycles. The van der Waals surface area contributed by atoms with E-state index in [1.807, 2.05) is 48.5 Å². The van der Waals surface area contributed by atoms with Gasteiger partial charge in [0.2, 0.25) is 5.91 Å². The zero-order chi connectivity index (χ0) is 39.0. The summed E-state index contributed by atoms with van der Waals surface area (Å²) in [6.07, 6.45) is -9.53.